The topological polar surface area (TPSA) is 190 Å². The maximum absolute atomic E-state index is 13.8. The van der Waals surface area contributed by atoms with Crippen LogP contribution in [-0.2, 0) is 48.0 Å². The number of morpholine rings is 1. The number of piperidine rings is 1. The zero-order valence-electron chi connectivity index (χ0n) is 40.4. The Labute approximate surface area is 408 Å². The fourth-order valence-corrected chi connectivity index (χ4v) is 13.1. The number of carboxylic acids is 1. The van der Waals surface area contributed by atoms with E-state index in [1.807, 2.05) is 6.07 Å². The summed E-state index contributed by atoms with van der Waals surface area (Å²) in [5, 5.41) is 34.8. The first-order valence-electron chi connectivity index (χ1n) is 25.6. The molecule has 3 heterocycles. The number of aromatic hydroxyl groups is 1. The highest BCUT2D eigenvalue weighted by molar-refractivity contribution is 5.97. The van der Waals surface area contributed by atoms with Gasteiger partial charge in [-0.2, -0.15) is 13.2 Å². The number of hydrogen-bond acceptors (Lipinski definition) is 11. The number of aliphatic carboxylic acids is 1. The average molecular weight is 984 g/mol. The molecule has 2 aromatic carbocycles. The quantitative estimate of drug-likeness (QED) is 0.0892. The Morgan fingerprint density at radius 2 is 1.67 bits per heavy atom. The summed E-state index contributed by atoms with van der Waals surface area (Å²) < 4.78 is 49.9. The molecular formula is C52H72F3N5O10. The van der Waals surface area contributed by atoms with Crippen LogP contribution in [0.25, 0.3) is 0 Å². The average Bonchev–Trinajstić information content (AvgIpc) is 3.31. The molecule has 5 aliphatic carbocycles. The molecule has 8 aliphatic rings. The van der Waals surface area contributed by atoms with Crippen molar-refractivity contribution in [2.24, 2.45) is 17.3 Å². The number of ether oxygens (including phenoxy) is 3. The third kappa shape index (κ3) is 13.3. The lowest BCUT2D eigenvalue weighted by atomic mass is 9.47. The van der Waals surface area contributed by atoms with Gasteiger partial charge in [0.1, 0.15) is 11.4 Å². The van der Waals surface area contributed by atoms with Gasteiger partial charge in [0.2, 0.25) is 11.8 Å². The number of nitrogens with one attached hydrogen (secondary N) is 2. The van der Waals surface area contributed by atoms with Crippen molar-refractivity contribution in [1.82, 2.24) is 20.0 Å². The Hall–Kier alpha value is -4.49. The summed E-state index contributed by atoms with van der Waals surface area (Å²) in [5.41, 5.74) is 2.98. The van der Waals surface area contributed by atoms with Crippen molar-refractivity contribution in [3.8, 4) is 11.5 Å². The molecule has 70 heavy (non-hydrogen) atoms. The van der Waals surface area contributed by atoms with E-state index in [0.717, 1.165) is 102 Å². The number of benzene rings is 2. The predicted octanol–water partition coefficient (Wildman–Crippen LogP) is 6.21. The van der Waals surface area contributed by atoms with Crippen molar-refractivity contribution in [2.75, 3.05) is 77.6 Å². The largest absolute Gasteiger partial charge is 0.506 e. The number of rotatable bonds is 17. The van der Waals surface area contributed by atoms with E-state index in [0.29, 0.717) is 95.1 Å². The minimum atomic E-state index is -5.08. The number of halogens is 3. The number of amides is 3. The lowest BCUT2D eigenvalue weighted by Crippen LogP contribution is -2.60. The minimum absolute atomic E-state index is 0.000280. The highest BCUT2D eigenvalue weighted by Gasteiger charge is 2.58. The molecule has 10 rings (SSSR count). The number of nitrogens with zero attached hydrogens (tertiary/aromatic N) is 3. The summed E-state index contributed by atoms with van der Waals surface area (Å²) >= 11 is 0. The SMILES string of the molecule is O=C(O)C(F)(F)F.O=C1COc2c(CCNCCN(C(=O)CCOCCc3cccc(CN4CCC5(CC4)CN(C(=O)CC46CC7CC(CC(O)(C7)C4)C6)CCO5)c3)C3CCCCC3)ccc(O)c2N1. The monoisotopic (exact) mass is 984 g/mol. The van der Waals surface area contributed by atoms with E-state index in [1.54, 1.807) is 6.07 Å². The molecule has 3 amide bonds. The summed E-state index contributed by atoms with van der Waals surface area (Å²) in [4.78, 5) is 54.8. The zero-order valence-corrected chi connectivity index (χ0v) is 40.4. The molecule has 0 aromatic heterocycles. The van der Waals surface area contributed by atoms with Crippen LogP contribution in [0.3, 0.4) is 0 Å². The number of aliphatic hydroxyl groups is 1. The first kappa shape index (κ1) is 51.9. The molecule has 1 spiro atoms. The Morgan fingerprint density at radius 1 is 0.943 bits per heavy atom. The predicted molar refractivity (Wildman–Crippen MR) is 253 cm³/mol. The Morgan fingerprint density at radius 3 is 2.39 bits per heavy atom. The maximum atomic E-state index is 13.8. The maximum Gasteiger partial charge on any atom is 0.490 e. The van der Waals surface area contributed by atoms with Gasteiger partial charge in [0.05, 0.1) is 37.4 Å². The van der Waals surface area contributed by atoms with Crippen LogP contribution in [-0.4, -0.2) is 149 Å². The van der Waals surface area contributed by atoms with E-state index in [1.165, 1.54) is 24.0 Å². The Kier molecular flexibility index (Phi) is 16.7. The summed E-state index contributed by atoms with van der Waals surface area (Å²) in [6.07, 6.45) is 11.0. The van der Waals surface area contributed by atoms with Crippen LogP contribution in [0.1, 0.15) is 113 Å². The fraction of sp³-hybridized carbons (Fsp3) is 0.692. The second-order valence-electron chi connectivity index (χ2n) is 21.4. The van der Waals surface area contributed by atoms with Crippen molar-refractivity contribution >= 4 is 29.4 Å². The molecule has 386 valence electrons. The molecule has 2 saturated heterocycles. The van der Waals surface area contributed by atoms with Gasteiger partial charge in [0.25, 0.3) is 5.91 Å². The third-order valence-electron chi connectivity index (χ3n) is 15.9. The molecule has 3 aliphatic heterocycles. The first-order valence-corrected chi connectivity index (χ1v) is 25.6. The van der Waals surface area contributed by atoms with Gasteiger partial charge in [-0.3, -0.25) is 19.3 Å². The number of carboxylic acid groups (broad SMARTS) is 1. The number of carbonyl (C=O) groups is 4. The van der Waals surface area contributed by atoms with Gasteiger partial charge in [-0.05, 0) is 124 Å². The molecule has 4 bridgehead atoms. The molecule has 2 atom stereocenters. The van der Waals surface area contributed by atoms with E-state index in [-0.39, 0.29) is 47.1 Å². The molecular weight excluding hydrogens is 912 g/mol. The number of anilines is 1. The highest BCUT2D eigenvalue weighted by Crippen LogP contribution is 2.63. The van der Waals surface area contributed by atoms with Crippen LogP contribution in [0.2, 0.25) is 0 Å². The minimum Gasteiger partial charge on any atom is -0.506 e. The van der Waals surface area contributed by atoms with Crippen LogP contribution in [0.15, 0.2) is 36.4 Å². The number of alkyl halides is 3. The molecule has 5 saturated carbocycles. The standard InChI is InChI=1S/C50H71N5O8.C2HF3O2/c56-42-10-9-40(47-46(42)52-43(57)33-62-47)11-16-51-17-20-55(41-7-2-1-3-8-41)44(58)13-23-61-22-12-36-5-4-6-37(25-36)32-53-18-14-50(15-19-53)35-54(21-24-63-50)45(59)31-48-27-38-26-39(28-48)30-49(60,29-38)34-48;3-2(4,5)1(6)7/h4-6,9-10,25,38-39,41,51,56,60H,1-3,7-8,11-24,26-35H2,(H,52,57);(H,6,7). The van der Waals surface area contributed by atoms with E-state index >= 15 is 0 Å². The number of phenols is 1. The summed E-state index contributed by atoms with van der Waals surface area (Å²) in [6.45, 7) is 7.65. The lowest BCUT2D eigenvalue weighted by Gasteiger charge is -2.60. The van der Waals surface area contributed by atoms with Gasteiger partial charge in [-0.25, -0.2) is 4.79 Å². The molecule has 7 fully saturated rings. The normalized spacial score (nSPS) is 26.2. The second-order valence-corrected chi connectivity index (χ2v) is 21.4. The molecule has 2 aromatic rings. The van der Waals surface area contributed by atoms with E-state index in [4.69, 9.17) is 24.1 Å². The van der Waals surface area contributed by atoms with Gasteiger partial charge in [0.15, 0.2) is 12.4 Å². The summed E-state index contributed by atoms with van der Waals surface area (Å²) in [7, 11) is 0. The van der Waals surface area contributed by atoms with Crippen molar-refractivity contribution < 1.29 is 61.9 Å². The third-order valence-corrected chi connectivity index (χ3v) is 15.9. The Balaban J connectivity index is 0.000000876. The Bertz CT molecular complexity index is 2150. The number of likely N-dealkylation sites (tertiary alicyclic amines) is 1. The van der Waals surface area contributed by atoms with Crippen LogP contribution in [0, 0.1) is 17.3 Å². The number of phenolic OH excluding ortho intramolecular Hbond substituents is 1. The summed E-state index contributed by atoms with van der Waals surface area (Å²) in [5.74, 6) is -0.892. The molecule has 2 unspecified atom stereocenters. The smallest absolute Gasteiger partial charge is 0.490 e. The molecule has 18 heteroatoms. The van der Waals surface area contributed by atoms with Gasteiger partial charge in [-0.1, -0.05) is 49.6 Å². The van der Waals surface area contributed by atoms with E-state index in [9.17, 15) is 37.8 Å². The summed E-state index contributed by atoms with van der Waals surface area (Å²) in [6, 6.07) is 12.5. The van der Waals surface area contributed by atoms with Crippen molar-refractivity contribution in [1.29, 1.82) is 0 Å². The van der Waals surface area contributed by atoms with Crippen LogP contribution in [0.4, 0.5) is 18.9 Å². The van der Waals surface area contributed by atoms with Crippen LogP contribution in [0.5, 0.6) is 11.5 Å². The molecule has 0 radical (unpaired) electrons. The highest BCUT2D eigenvalue weighted by atomic mass is 19.4. The van der Waals surface area contributed by atoms with Gasteiger partial charge >= 0.3 is 12.1 Å². The molecule has 15 nitrogen and oxygen atoms in total. The van der Waals surface area contributed by atoms with E-state index < -0.39 is 17.7 Å². The zero-order chi connectivity index (χ0) is 49.5. The second kappa shape index (κ2) is 22.5. The van der Waals surface area contributed by atoms with Gasteiger partial charge in [-0.15, -0.1) is 0 Å². The van der Waals surface area contributed by atoms with Crippen LogP contribution < -0.4 is 15.4 Å². The van der Waals surface area contributed by atoms with Crippen LogP contribution >= 0.6 is 0 Å². The number of fused-ring (bicyclic) bond motifs is 1. The van der Waals surface area contributed by atoms with E-state index in [2.05, 4.69) is 49.6 Å². The lowest BCUT2D eigenvalue weighted by molar-refractivity contribution is -0.192. The number of carbonyl (C=O) groups excluding carboxylic acids is 3. The first-order chi connectivity index (χ1) is 33.5. The van der Waals surface area contributed by atoms with Gasteiger partial charge < -0.3 is 50.0 Å². The molecule has 5 N–H and O–H groups in total. The van der Waals surface area contributed by atoms with Gasteiger partial charge in [0, 0.05) is 58.3 Å². The number of hydrogen-bond donors (Lipinski definition) is 5. The van der Waals surface area contributed by atoms with Crippen molar-refractivity contribution in [3.63, 3.8) is 0 Å². The fourth-order valence-electron chi connectivity index (χ4n) is 13.1. The van der Waals surface area contributed by atoms with Crippen molar-refractivity contribution in [2.45, 2.75) is 139 Å². The van der Waals surface area contributed by atoms with Crippen molar-refractivity contribution in [3.05, 3.63) is 53.1 Å².